The van der Waals surface area contributed by atoms with E-state index in [0.29, 0.717) is 0 Å². The fraction of sp³-hybridized carbons (Fsp3) is 0.364. The van der Waals surface area contributed by atoms with Crippen LogP contribution in [0.3, 0.4) is 0 Å². The second kappa shape index (κ2) is 6.87. The zero-order valence-electron chi connectivity index (χ0n) is 11.6. The Labute approximate surface area is 124 Å². The van der Waals surface area contributed by atoms with Gasteiger partial charge in [-0.25, -0.2) is 31.1 Å². The first-order chi connectivity index (χ1) is 9.66. The topological polar surface area (TPSA) is 121 Å². The van der Waals surface area contributed by atoms with Crippen molar-refractivity contribution in [3.63, 3.8) is 0 Å². The lowest BCUT2D eigenvalue weighted by atomic mass is 10.2. The summed E-state index contributed by atoms with van der Waals surface area (Å²) in [6, 6.07) is 4.96. The summed E-state index contributed by atoms with van der Waals surface area (Å²) in [5, 5.41) is 2.16. The molecule has 10 heteroatoms. The molecule has 8 nitrogen and oxygen atoms in total. The Kier molecular flexibility index (Phi) is 5.70. The van der Waals surface area contributed by atoms with Crippen LogP contribution in [0.1, 0.15) is 5.56 Å². The van der Waals surface area contributed by atoms with E-state index in [2.05, 4.69) is 10.0 Å². The summed E-state index contributed by atoms with van der Waals surface area (Å²) in [5.74, 6) is -0.346. The molecule has 3 N–H and O–H groups in total. The van der Waals surface area contributed by atoms with Crippen LogP contribution >= 0.6 is 0 Å². The van der Waals surface area contributed by atoms with Crippen LogP contribution in [-0.4, -0.2) is 42.2 Å². The molecule has 0 unspecified atom stereocenters. The lowest BCUT2D eigenvalue weighted by Crippen LogP contribution is -2.42. The number of rotatable bonds is 6. The van der Waals surface area contributed by atoms with Gasteiger partial charge in [0.2, 0.25) is 10.0 Å². The van der Waals surface area contributed by atoms with Crippen LogP contribution in [0.15, 0.2) is 29.2 Å². The van der Waals surface area contributed by atoms with Crippen molar-refractivity contribution in [1.82, 2.24) is 14.8 Å². The van der Waals surface area contributed by atoms with Crippen molar-refractivity contribution in [3.05, 3.63) is 29.8 Å². The van der Waals surface area contributed by atoms with Gasteiger partial charge in [-0.3, -0.25) is 0 Å². The molecule has 21 heavy (non-hydrogen) atoms. The molecule has 0 aliphatic rings. The summed E-state index contributed by atoms with van der Waals surface area (Å²) in [6.07, 6.45) is 0. The van der Waals surface area contributed by atoms with Gasteiger partial charge >= 0.3 is 6.03 Å². The van der Waals surface area contributed by atoms with E-state index in [1.807, 2.05) is 0 Å². The molecule has 0 spiro atoms. The van der Waals surface area contributed by atoms with Crippen molar-refractivity contribution in [3.8, 4) is 0 Å². The van der Waals surface area contributed by atoms with Crippen molar-refractivity contribution in [1.29, 1.82) is 0 Å². The average Bonchev–Trinajstić information content (AvgIpc) is 2.38. The number of aryl methyl sites for hydroxylation is 1. The van der Waals surface area contributed by atoms with E-state index < -0.39 is 26.1 Å². The van der Waals surface area contributed by atoms with Crippen molar-refractivity contribution in [2.75, 3.05) is 19.3 Å². The van der Waals surface area contributed by atoms with E-state index in [9.17, 15) is 21.6 Å². The number of carbonyl (C=O) groups excluding carboxylic acids is 1. The van der Waals surface area contributed by atoms with Gasteiger partial charge in [0.15, 0.2) is 0 Å². The second-order valence-corrected chi connectivity index (χ2v) is 7.93. The minimum Gasteiger partial charge on any atom is -0.336 e. The standard InChI is InChI=1S/C11H17N3O5S2/c1-9-3-5-10(6-4-9)21(18,19)14-11(15)13-7-8-20(16,17)12-2/h3-6,12H,7-8H2,1-2H3,(H2,13,14,15). The van der Waals surface area contributed by atoms with Crippen molar-refractivity contribution in [2.45, 2.75) is 11.8 Å². The van der Waals surface area contributed by atoms with Gasteiger partial charge < -0.3 is 5.32 Å². The number of carbonyl (C=O) groups is 1. The van der Waals surface area contributed by atoms with Gasteiger partial charge in [0.05, 0.1) is 10.6 Å². The molecule has 0 aromatic heterocycles. The van der Waals surface area contributed by atoms with Crippen LogP contribution in [0.2, 0.25) is 0 Å². The number of benzene rings is 1. The number of urea groups is 1. The molecule has 2 amide bonds. The number of sulfonamides is 2. The van der Waals surface area contributed by atoms with Crippen LogP contribution < -0.4 is 14.8 Å². The molecule has 0 heterocycles. The number of hydrogen-bond donors (Lipinski definition) is 3. The molecule has 118 valence electrons. The lowest BCUT2D eigenvalue weighted by Gasteiger charge is -2.09. The van der Waals surface area contributed by atoms with Gasteiger partial charge in [-0.2, -0.15) is 0 Å². The zero-order valence-corrected chi connectivity index (χ0v) is 13.2. The molecular weight excluding hydrogens is 318 g/mol. The van der Waals surface area contributed by atoms with Crippen molar-refractivity contribution < 1.29 is 21.6 Å². The maximum atomic E-state index is 11.9. The highest BCUT2D eigenvalue weighted by atomic mass is 32.2. The molecule has 0 radical (unpaired) electrons. The van der Waals surface area contributed by atoms with Crippen molar-refractivity contribution in [2.24, 2.45) is 0 Å². The molecule has 0 atom stereocenters. The molecule has 0 saturated carbocycles. The highest BCUT2D eigenvalue weighted by molar-refractivity contribution is 7.90. The fourth-order valence-corrected chi connectivity index (χ4v) is 2.84. The Hall–Kier alpha value is -1.65. The highest BCUT2D eigenvalue weighted by Gasteiger charge is 2.17. The van der Waals surface area contributed by atoms with E-state index in [1.165, 1.54) is 19.2 Å². The highest BCUT2D eigenvalue weighted by Crippen LogP contribution is 2.09. The number of hydrogen-bond acceptors (Lipinski definition) is 5. The first-order valence-electron chi connectivity index (χ1n) is 5.95. The van der Waals surface area contributed by atoms with E-state index in [4.69, 9.17) is 0 Å². The summed E-state index contributed by atoms with van der Waals surface area (Å²) in [6.45, 7) is 1.59. The predicted octanol–water partition coefficient (Wildman–Crippen LogP) is -0.468. The Morgan fingerprint density at radius 3 is 2.19 bits per heavy atom. The van der Waals surface area contributed by atoms with Gasteiger partial charge in [0, 0.05) is 6.54 Å². The molecular formula is C11H17N3O5S2. The third-order valence-electron chi connectivity index (χ3n) is 2.53. The van der Waals surface area contributed by atoms with E-state index in [0.717, 1.165) is 5.56 Å². The van der Waals surface area contributed by atoms with Gasteiger partial charge in [0.1, 0.15) is 0 Å². The predicted molar refractivity (Wildman–Crippen MR) is 77.7 cm³/mol. The summed E-state index contributed by atoms with van der Waals surface area (Å²) in [7, 11) is -6.19. The lowest BCUT2D eigenvalue weighted by molar-refractivity contribution is 0.246. The maximum Gasteiger partial charge on any atom is 0.328 e. The minimum atomic E-state index is -3.97. The van der Waals surface area contributed by atoms with Crippen LogP contribution in [-0.2, 0) is 20.0 Å². The van der Waals surface area contributed by atoms with Gasteiger partial charge in [-0.1, -0.05) is 17.7 Å². The first kappa shape index (κ1) is 17.4. The summed E-state index contributed by atoms with van der Waals surface area (Å²) < 4.78 is 49.9. The summed E-state index contributed by atoms with van der Waals surface area (Å²) in [4.78, 5) is 11.4. The third kappa shape index (κ3) is 5.69. The normalized spacial score (nSPS) is 11.9. The molecule has 0 aliphatic carbocycles. The first-order valence-corrected chi connectivity index (χ1v) is 9.08. The number of nitrogens with one attached hydrogen (secondary N) is 3. The van der Waals surface area contributed by atoms with Gasteiger partial charge in [0.25, 0.3) is 10.0 Å². The number of amides is 2. The van der Waals surface area contributed by atoms with Gasteiger partial charge in [-0.15, -0.1) is 0 Å². The molecule has 0 bridgehead atoms. The molecule has 1 aromatic carbocycles. The molecule has 1 aromatic rings. The van der Waals surface area contributed by atoms with E-state index in [-0.39, 0.29) is 17.2 Å². The van der Waals surface area contributed by atoms with Crippen LogP contribution in [0.25, 0.3) is 0 Å². The summed E-state index contributed by atoms with van der Waals surface area (Å²) in [5.41, 5.74) is 0.885. The van der Waals surface area contributed by atoms with Crippen LogP contribution in [0.5, 0.6) is 0 Å². The Morgan fingerprint density at radius 2 is 1.67 bits per heavy atom. The second-order valence-electron chi connectivity index (χ2n) is 4.20. The quantitative estimate of drug-likeness (QED) is 0.649. The monoisotopic (exact) mass is 335 g/mol. The van der Waals surface area contributed by atoms with Crippen LogP contribution in [0, 0.1) is 6.92 Å². The maximum absolute atomic E-state index is 11.9. The average molecular weight is 335 g/mol. The molecule has 0 saturated heterocycles. The van der Waals surface area contributed by atoms with E-state index >= 15 is 0 Å². The summed E-state index contributed by atoms with van der Waals surface area (Å²) >= 11 is 0. The van der Waals surface area contributed by atoms with Crippen LogP contribution in [0.4, 0.5) is 4.79 Å². The fourth-order valence-electron chi connectivity index (χ4n) is 1.34. The molecule has 1 rings (SSSR count). The van der Waals surface area contributed by atoms with E-state index in [1.54, 1.807) is 23.8 Å². The zero-order chi connectivity index (χ0) is 16.1. The minimum absolute atomic E-state index is 0.0499. The van der Waals surface area contributed by atoms with Gasteiger partial charge in [-0.05, 0) is 26.1 Å². The molecule has 0 fully saturated rings. The Morgan fingerprint density at radius 1 is 1.10 bits per heavy atom. The largest absolute Gasteiger partial charge is 0.336 e. The Bertz CT molecular complexity index is 696. The third-order valence-corrected chi connectivity index (χ3v) is 5.24. The molecule has 0 aliphatic heterocycles. The SMILES string of the molecule is CNS(=O)(=O)CCNC(=O)NS(=O)(=O)c1ccc(C)cc1. The van der Waals surface area contributed by atoms with Crippen molar-refractivity contribution >= 4 is 26.1 Å². The Balaban J connectivity index is 2.60. The smallest absolute Gasteiger partial charge is 0.328 e.